The van der Waals surface area contributed by atoms with E-state index in [0.29, 0.717) is 22.8 Å². The summed E-state index contributed by atoms with van der Waals surface area (Å²) in [5.74, 6) is 1.93. The van der Waals surface area contributed by atoms with Crippen molar-refractivity contribution < 1.29 is 9.47 Å². The molecule has 0 unspecified atom stereocenters. The van der Waals surface area contributed by atoms with Gasteiger partial charge in [0, 0.05) is 24.5 Å². The monoisotopic (exact) mass is 310 g/mol. The van der Waals surface area contributed by atoms with Crippen molar-refractivity contribution in [3.8, 4) is 11.5 Å². The molecule has 0 atom stereocenters. The number of benzene rings is 1. The second kappa shape index (κ2) is 6.78. The van der Waals surface area contributed by atoms with E-state index in [1.165, 1.54) is 0 Å². The first-order chi connectivity index (χ1) is 10.0. The fourth-order valence-electron chi connectivity index (χ4n) is 1.96. The Labute approximate surface area is 129 Å². The summed E-state index contributed by atoms with van der Waals surface area (Å²) in [5.41, 5.74) is 0.708. The molecule has 0 aliphatic carbocycles. The number of hydrogen-bond acceptors (Lipinski definition) is 6. The van der Waals surface area contributed by atoms with Crippen LogP contribution in [-0.2, 0) is 0 Å². The topological polar surface area (TPSA) is 59.5 Å². The van der Waals surface area contributed by atoms with Crippen molar-refractivity contribution in [2.24, 2.45) is 0 Å². The Morgan fingerprint density at radius 3 is 2.43 bits per heavy atom. The van der Waals surface area contributed by atoms with Gasteiger partial charge in [0.15, 0.2) is 11.5 Å². The maximum atomic E-state index is 5.99. The molecule has 0 saturated heterocycles. The van der Waals surface area contributed by atoms with Crippen molar-refractivity contribution in [1.29, 1.82) is 0 Å². The Hall–Kier alpha value is -1.79. The van der Waals surface area contributed by atoms with Crippen molar-refractivity contribution in [3.05, 3.63) is 17.4 Å². The van der Waals surface area contributed by atoms with Gasteiger partial charge in [-0.1, -0.05) is 0 Å². The van der Waals surface area contributed by atoms with E-state index in [2.05, 4.69) is 20.2 Å². The molecule has 0 aliphatic rings. The number of aromatic nitrogens is 2. The number of ether oxygens (including phenoxy) is 2. The molecule has 21 heavy (non-hydrogen) atoms. The van der Waals surface area contributed by atoms with Crippen LogP contribution >= 0.6 is 11.6 Å². The molecule has 0 amide bonds. The summed E-state index contributed by atoms with van der Waals surface area (Å²) >= 11 is 5.99. The van der Waals surface area contributed by atoms with Gasteiger partial charge in [-0.3, -0.25) is 0 Å². The van der Waals surface area contributed by atoms with E-state index in [4.69, 9.17) is 21.1 Å². The van der Waals surface area contributed by atoms with Crippen molar-refractivity contribution in [2.75, 3.05) is 46.7 Å². The number of nitrogens with one attached hydrogen (secondary N) is 1. The lowest BCUT2D eigenvalue weighted by molar-refractivity contribution is 0.356. The van der Waals surface area contributed by atoms with Gasteiger partial charge < -0.3 is 19.7 Å². The quantitative estimate of drug-likeness (QED) is 0.826. The van der Waals surface area contributed by atoms with Crippen LogP contribution in [0.5, 0.6) is 11.5 Å². The second-order valence-corrected chi connectivity index (χ2v) is 5.13. The Morgan fingerprint density at radius 2 is 1.81 bits per heavy atom. The fraction of sp³-hybridized carbons (Fsp3) is 0.429. The maximum Gasteiger partial charge on any atom is 0.224 e. The highest BCUT2D eigenvalue weighted by molar-refractivity contribution is 6.28. The molecule has 7 heteroatoms. The SMILES string of the molecule is COc1cc2nc(Cl)nc(NCCN(C)C)c2cc1OC. The first-order valence-electron chi connectivity index (χ1n) is 6.53. The van der Waals surface area contributed by atoms with Crippen LogP contribution < -0.4 is 14.8 Å². The summed E-state index contributed by atoms with van der Waals surface area (Å²) < 4.78 is 10.6. The minimum absolute atomic E-state index is 0.196. The number of hydrogen-bond donors (Lipinski definition) is 1. The molecule has 1 aromatic carbocycles. The zero-order valence-electron chi connectivity index (χ0n) is 12.6. The van der Waals surface area contributed by atoms with E-state index in [1.54, 1.807) is 20.3 Å². The molecule has 1 aromatic heterocycles. The minimum Gasteiger partial charge on any atom is -0.493 e. The number of methoxy groups -OCH3 is 2. The van der Waals surface area contributed by atoms with Crippen LogP contribution in [0.4, 0.5) is 5.82 Å². The third kappa shape index (κ3) is 3.65. The third-order valence-electron chi connectivity index (χ3n) is 3.03. The highest BCUT2D eigenvalue weighted by atomic mass is 35.5. The summed E-state index contributed by atoms with van der Waals surface area (Å²) in [5, 5.41) is 4.31. The van der Waals surface area contributed by atoms with E-state index in [9.17, 15) is 0 Å². The van der Waals surface area contributed by atoms with E-state index in [-0.39, 0.29) is 5.28 Å². The normalized spacial score (nSPS) is 11.0. The number of fused-ring (bicyclic) bond motifs is 1. The number of halogens is 1. The predicted molar refractivity (Wildman–Crippen MR) is 84.7 cm³/mol. The number of anilines is 1. The number of likely N-dealkylation sites (N-methyl/N-ethyl adjacent to an activating group) is 1. The Bertz CT molecular complexity index is 634. The highest BCUT2D eigenvalue weighted by Gasteiger charge is 2.12. The lowest BCUT2D eigenvalue weighted by Crippen LogP contribution is -2.21. The molecule has 0 saturated carbocycles. The smallest absolute Gasteiger partial charge is 0.224 e. The Morgan fingerprint density at radius 1 is 1.14 bits per heavy atom. The van der Waals surface area contributed by atoms with Crippen molar-refractivity contribution >= 4 is 28.3 Å². The molecule has 0 aliphatic heterocycles. The molecule has 6 nitrogen and oxygen atoms in total. The minimum atomic E-state index is 0.196. The maximum absolute atomic E-state index is 5.99. The summed E-state index contributed by atoms with van der Waals surface area (Å²) in [6, 6.07) is 3.64. The van der Waals surface area contributed by atoms with Gasteiger partial charge in [-0.05, 0) is 31.8 Å². The molecule has 0 bridgehead atoms. The summed E-state index contributed by atoms with van der Waals surface area (Å²) in [6.07, 6.45) is 0. The van der Waals surface area contributed by atoms with Crippen LogP contribution in [0.3, 0.4) is 0 Å². The average Bonchev–Trinajstić information content (AvgIpc) is 2.45. The van der Waals surface area contributed by atoms with Gasteiger partial charge >= 0.3 is 0 Å². The highest BCUT2D eigenvalue weighted by Crippen LogP contribution is 2.34. The van der Waals surface area contributed by atoms with Gasteiger partial charge in [0.25, 0.3) is 0 Å². The van der Waals surface area contributed by atoms with Gasteiger partial charge in [0.1, 0.15) is 5.82 Å². The van der Waals surface area contributed by atoms with E-state index < -0.39 is 0 Å². The molecule has 2 rings (SSSR count). The molecule has 2 aromatic rings. The second-order valence-electron chi connectivity index (χ2n) is 4.80. The van der Waals surface area contributed by atoms with Gasteiger partial charge in [0.2, 0.25) is 5.28 Å². The lowest BCUT2D eigenvalue weighted by Gasteiger charge is -2.14. The van der Waals surface area contributed by atoms with Gasteiger partial charge in [0.05, 0.1) is 19.7 Å². The molecule has 0 fully saturated rings. The molecule has 1 N–H and O–H groups in total. The molecule has 114 valence electrons. The fourth-order valence-corrected chi connectivity index (χ4v) is 2.14. The van der Waals surface area contributed by atoms with Crippen LogP contribution in [0.15, 0.2) is 12.1 Å². The van der Waals surface area contributed by atoms with Crippen LogP contribution in [0.1, 0.15) is 0 Å². The van der Waals surface area contributed by atoms with Gasteiger partial charge in [-0.25, -0.2) is 9.97 Å². The van der Waals surface area contributed by atoms with E-state index in [0.717, 1.165) is 18.5 Å². The Kier molecular flexibility index (Phi) is 5.03. The van der Waals surface area contributed by atoms with Crippen LogP contribution in [0, 0.1) is 0 Å². The predicted octanol–water partition coefficient (Wildman–Crippen LogP) is 2.27. The third-order valence-corrected chi connectivity index (χ3v) is 3.19. The Balaban J connectivity index is 2.43. The first kappa shape index (κ1) is 15.6. The van der Waals surface area contributed by atoms with Gasteiger partial charge in [-0.2, -0.15) is 0 Å². The van der Waals surface area contributed by atoms with Crippen molar-refractivity contribution in [1.82, 2.24) is 14.9 Å². The largest absolute Gasteiger partial charge is 0.493 e. The molecular weight excluding hydrogens is 292 g/mol. The van der Waals surface area contributed by atoms with Crippen LogP contribution in [0.25, 0.3) is 10.9 Å². The number of rotatable bonds is 6. The molecular formula is C14H19ClN4O2. The average molecular weight is 311 g/mol. The van der Waals surface area contributed by atoms with Gasteiger partial charge in [-0.15, -0.1) is 0 Å². The first-order valence-corrected chi connectivity index (χ1v) is 6.91. The van der Waals surface area contributed by atoms with Crippen molar-refractivity contribution in [3.63, 3.8) is 0 Å². The van der Waals surface area contributed by atoms with Crippen molar-refractivity contribution in [2.45, 2.75) is 0 Å². The summed E-state index contributed by atoms with van der Waals surface area (Å²) in [7, 11) is 7.21. The number of nitrogens with zero attached hydrogens (tertiary/aromatic N) is 3. The zero-order chi connectivity index (χ0) is 15.4. The molecule has 1 heterocycles. The summed E-state index contributed by atoms with van der Waals surface area (Å²) in [6.45, 7) is 1.64. The van der Waals surface area contributed by atoms with Crippen LogP contribution in [-0.4, -0.2) is 56.3 Å². The summed E-state index contributed by atoms with van der Waals surface area (Å²) in [4.78, 5) is 10.6. The van der Waals surface area contributed by atoms with E-state index in [1.807, 2.05) is 20.2 Å². The standard InChI is InChI=1S/C14H19ClN4O2/c1-19(2)6-5-16-13-9-7-11(20-3)12(21-4)8-10(9)17-14(15)18-13/h7-8H,5-6H2,1-4H3,(H,16,17,18). The molecule has 0 radical (unpaired) electrons. The lowest BCUT2D eigenvalue weighted by atomic mass is 10.2. The van der Waals surface area contributed by atoms with E-state index >= 15 is 0 Å². The zero-order valence-corrected chi connectivity index (χ0v) is 13.4. The van der Waals surface area contributed by atoms with Crippen LogP contribution in [0.2, 0.25) is 5.28 Å². The molecule has 0 spiro atoms.